The molecular formula is C19H16Cl2N2O6S2. The van der Waals surface area contributed by atoms with Crippen LogP contribution in [0.15, 0.2) is 35.2 Å². The zero-order chi connectivity index (χ0) is 22.3. The van der Waals surface area contributed by atoms with Gasteiger partial charge in [-0.15, -0.1) is 0 Å². The summed E-state index contributed by atoms with van der Waals surface area (Å²) in [7, 11) is -3.91. The number of ether oxygens (including phenoxy) is 1. The zero-order valence-corrected chi connectivity index (χ0v) is 18.9. The van der Waals surface area contributed by atoms with Crippen LogP contribution in [-0.2, 0) is 21.2 Å². The van der Waals surface area contributed by atoms with Crippen molar-refractivity contribution in [2.45, 2.75) is 35.4 Å². The molecule has 0 spiro atoms. The Hall–Kier alpha value is -1.98. The SMILES string of the molecule is O=C1NC(=O)C(Cc2cc(Cl)c(Oc3ccc(O)c(S(=O)(=O)NC4CC4)c3)c(Cl)c2)S1. The summed E-state index contributed by atoms with van der Waals surface area (Å²) in [6.45, 7) is 0. The van der Waals surface area contributed by atoms with Crippen LogP contribution in [0.2, 0.25) is 10.0 Å². The maximum Gasteiger partial charge on any atom is 0.286 e. The van der Waals surface area contributed by atoms with Gasteiger partial charge in [0.15, 0.2) is 5.75 Å². The molecule has 3 N–H and O–H groups in total. The number of phenols is 1. The number of benzene rings is 2. The number of thioether (sulfide) groups is 1. The minimum Gasteiger partial charge on any atom is -0.507 e. The number of phenolic OH excluding ortho intramolecular Hbond substituents is 1. The number of hydrogen-bond donors (Lipinski definition) is 3. The van der Waals surface area contributed by atoms with Gasteiger partial charge in [0.25, 0.3) is 5.24 Å². The molecule has 1 saturated heterocycles. The van der Waals surface area contributed by atoms with Crippen LogP contribution in [0, 0.1) is 0 Å². The lowest BCUT2D eigenvalue weighted by Crippen LogP contribution is -2.25. The van der Waals surface area contributed by atoms with Crippen LogP contribution in [0.1, 0.15) is 18.4 Å². The van der Waals surface area contributed by atoms with Gasteiger partial charge in [0, 0.05) is 12.1 Å². The summed E-state index contributed by atoms with van der Waals surface area (Å²) in [5, 5.41) is 11.5. The maximum atomic E-state index is 12.5. The molecule has 2 aliphatic rings. The third-order valence-electron chi connectivity index (χ3n) is 4.59. The van der Waals surface area contributed by atoms with Gasteiger partial charge in [-0.05, 0) is 49.1 Å². The lowest BCUT2D eigenvalue weighted by molar-refractivity contribution is -0.118. The van der Waals surface area contributed by atoms with Crippen molar-refractivity contribution >= 4 is 56.1 Å². The van der Waals surface area contributed by atoms with Crippen LogP contribution < -0.4 is 14.8 Å². The minimum atomic E-state index is -3.91. The predicted molar refractivity (Wildman–Crippen MR) is 117 cm³/mol. The molecule has 0 aromatic heterocycles. The fourth-order valence-corrected chi connectivity index (χ4v) is 5.83. The number of aromatic hydroxyl groups is 1. The highest BCUT2D eigenvalue weighted by molar-refractivity contribution is 8.15. The summed E-state index contributed by atoms with van der Waals surface area (Å²) in [5.74, 6) is -0.576. The second kappa shape index (κ2) is 8.51. The number of hydrogen-bond acceptors (Lipinski definition) is 7. The summed E-state index contributed by atoms with van der Waals surface area (Å²) in [5.41, 5.74) is 0.632. The van der Waals surface area contributed by atoms with Gasteiger partial charge in [-0.3, -0.25) is 14.9 Å². The van der Waals surface area contributed by atoms with Gasteiger partial charge >= 0.3 is 0 Å². The molecule has 2 amide bonds. The molecule has 31 heavy (non-hydrogen) atoms. The Labute approximate surface area is 192 Å². The molecule has 1 aliphatic carbocycles. The van der Waals surface area contributed by atoms with Crippen molar-refractivity contribution in [1.82, 2.24) is 10.0 Å². The standard InChI is InChI=1S/C19H16Cl2N2O6S2/c20-12-5-9(7-15-18(25)22-19(26)30-15)6-13(21)17(12)29-11-3-4-14(24)16(8-11)31(27,28)23-10-1-2-10/h3-6,8,10,15,23-24H,1-2,7H2,(H,22,25,26). The molecule has 1 aliphatic heterocycles. The number of nitrogens with one attached hydrogen (secondary N) is 2. The Balaban J connectivity index is 1.56. The highest BCUT2D eigenvalue weighted by Gasteiger charge is 2.32. The molecule has 8 nitrogen and oxygen atoms in total. The Bertz CT molecular complexity index is 1160. The van der Waals surface area contributed by atoms with Crippen LogP contribution in [0.5, 0.6) is 17.2 Å². The van der Waals surface area contributed by atoms with Crippen LogP contribution in [-0.4, -0.2) is 36.0 Å². The Morgan fingerprint density at radius 1 is 1.16 bits per heavy atom. The summed E-state index contributed by atoms with van der Waals surface area (Å²) < 4.78 is 33.1. The van der Waals surface area contributed by atoms with E-state index in [2.05, 4.69) is 10.0 Å². The number of halogens is 2. The van der Waals surface area contributed by atoms with E-state index in [1.54, 1.807) is 12.1 Å². The second-order valence-electron chi connectivity index (χ2n) is 7.10. The highest BCUT2D eigenvalue weighted by atomic mass is 35.5. The number of amides is 2. The van der Waals surface area contributed by atoms with E-state index in [0.717, 1.165) is 24.6 Å². The largest absolute Gasteiger partial charge is 0.507 e. The highest BCUT2D eigenvalue weighted by Crippen LogP contribution is 2.40. The first-order chi connectivity index (χ1) is 14.6. The first kappa shape index (κ1) is 22.2. The fourth-order valence-electron chi connectivity index (χ4n) is 2.94. The Kier molecular flexibility index (Phi) is 6.10. The summed E-state index contributed by atoms with van der Waals surface area (Å²) in [4.78, 5) is 22.8. The average Bonchev–Trinajstić information content (AvgIpc) is 3.42. The maximum absolute atomic E-state index is 12.5. The van der Waals surface area contributed by atoms with E-state index >= 15 is 0 Å². The fraction of sp³-hybridized carbons (Fsp3) is 0.263. The monoisotopic (exact) mass is 502 g/mol. The smallest absolute Gasteiger partial charge is 0.286 e. The Morgan fingerprint density at radius 2 is 1.84 bits per heavy atom. The van der Waals surface area contributed by atoms with Gasteiger partial charge in [-0.25, -0.2) is 13.1 Å². The van der Waals surface area contributed by atoms with E-state index in [1.165, 1.54) is 18.2 Å². The van der Waals surface area contributed by atoms with Gasteiger partial charge in [-0.1, -0.05) is 35.0 Å². The molecule has 1 unspecified atom stereocenters. The molecule has 2 aromatic carbocycles. The van der Waals surface area contributed by atoms with Crippen molar-refractivity contribution in [2.24, 2.45) is 0 Å². The van der Waals surface area contributed by atoms with E-state index in [9.17, 15) is 23.1 Å². The molecule has 1 atom stereocenters. The molecule has 164 valence electrons. The first-order valence-electron chi connectivity index (χ1n) is 9.15. The van der Waals surface area contributed by atoms with Crippen molar-refractivity contribution in [1.29, 1.82) is 0 Å². The van der Waals surface area contributed by atoms with Crippen molar-refractivity contribution in [3.05, 3.63) is 45.9 Å². The lowest BCUT2D eigenvalue weighted by atomic mass is 10.1. The van der Waals surface area contributed by atoms with Crippen LogP contribution in [0.25, 0.3) is 0 Å². The molecular weight excluding hydrogens is 487 g/mol. The third kappa shape index (κ3) is 5.09. The van der Waals surface area contributed by atoms with Crippen LogP contribution in [0.4, 0.5) is 4.79 Å². The van der Waals surface area contributed by atoms with Gasteiger partial charge in [0.2, 0.25) is 15.9 Å². The van der Waals surface area contributed by atoms with E-state index in [4.69, 9.17) is 27.9 Å². The normalized spacial score (nSPS) is 18.8. The molecule has 1 heterocycles. The van der Waals surface area contributed by atoms with Gasteiger partial charge < -0.3 is 9.84 Å². The van der Waals surface area contributed by atoms with E-state index < -0.39 is 26.3 Å². The van der Waals surface area contributed by atoms with E-state index in [0.29, 0.717) is 5.56 Å². The van der Waals surface area contributed by atoms with Crippen molar-refractivity contribution < 1.29 is 27.9 Å². The number of rotatable bonds is 7. The van der Waals surface area contributed by atoms with Gasteiger partial charge in [0.05, 0.1) is 15.3 Å². The van der Waals surface area contributed by atoms with E-state index in [1.807, 2.05) is 0 Å². The number of carbonyl (C=O) groups excluding carboxylic acids is 2. The number of carbonyl (C=O) groups is 2. The topological polar surface area (TPSA) is 122 Å². The average molecular weight is 503 g/mol. The van der Waals surface area contributed by atoms with Crippen molar-refractivity contribution in [3.63, 3.8) is 0 Å². The molecule has 4 rings (SSSR count). The number of sulfonamides is 1. The predicted octanol–water partition coefficient (Wildman–Crippen LogP) is 3.83. The van der Waals surface area contributed by atoms with Crippen LogP contribution in [0.3, 0.4) is 0 Å². The molecule has 12 heteroatoms. The molecule has 2 aromatic rings. The quantitative estimate of drug-likeness (QED) is 0.525. The minimum absolute atomic E-state index is 0.0934. The second-order valence-corrected chi connectivity index (χ2v) is 10.8. The molecule has 0 radical (unpaired) electrons. The zero-order valence-electron chi connectivity index (χ0n) is 15.7. The van der Waals surface area contributed by atoms with Crippen molar-refractivity contribution in [2.75, 3.05) is 0 Å². The third-order valence-corrected chi connectivity index (χ3v) is 7.68. The summed E-state index contributed by atoms with van der Waals surface area (Å²) >= 11 is 13.5. The molecule has 2 fully saturated rings. The van der Waals surface area contributed by atoms with Crippen LogP contribution >= 0.6 is 35.0 Å². The Morgan fingerprint density at radius 3 is 2.42 bits per heavy atom. The summed E-state index contributed by atoms with van der Waals surface area (Å²) in [6, 6.07) is 6.78. The first-order valence-corrected chi connectivity index (χ1v) is 12.3. The molecule has 1 saturated carbocycles. The van der Waals surface area contributed by atoms with Gasteiger partial charge in [-0.2, -0.15) is 0 Å². The summed E-state index contributed by atoms with van der Waals surface area (Å²) in [6.07, 6.45) is 1.75. The van der Waals surface area contributed by atoms with Crippen molar-refractivity contribution in [3.8, 4) is 17.2 Å². The van der Waals surface area contributed by atoms with Gasteiger partial charge in [0.1, 0.15) is 16.4 Å². The van der Waals surface area contributed by atoms with E-state index in [-0.39, 0.29) is 44.8 Å². The number of imide groups is 1. The molecule has 0 bridgehead atoms. The lowest BCUT2D eigenvalue weighted by Gasteiger charge is -2.14.